The maximum Gasteiger partial charge on any atom is 0.216 e. The average molecular weight is 243 g/mol. The molecule has 13 heavy (non-hydrogen) atoms. The van der Waals surface area contributed by atoms with Crippen molar-refractivity contribution in [1.82, 2.24) is 14.8 Å². The highest BCUT2D eigenvalue weighted by atomic mass is 79.9. The number of rotatable bonds is 0. The molecule has 2 heterocycles. The van der Waals surface area contributed by atoms with E-state index in [0.29, 0.717) is 15.6 Å². The van der Waals surface area contributed by atoms with Gasteiger partial charge in [0.2, 0.25) is 5.43 Å². The first-order chi connectivity index (χ1) is 6.11. The summed E-state index contributed by atoms with van der Waals surface area (Å²) in [6.45, 7) is 0. The van der Waals surface area contributed by atoms with Gasteiger partial charge in [-0.2, -0.15) is 5.10 Å². The lowest BCUT2D eigenvalue weighted by Gasteiger charge is -1.94. The molecular weight excluding hydrogens is 236 g/mol. The lowest BCUT2D eigenvalue weighted by atomic mass is 10.3. The molecule has 0 radical (unpaired) electrons. The van der Waals surface area contributed by atoms with Gasteiger partial charge in [0.25, 0.3) is 0 Å². The van der Waals surface area contributed by atoms with Crippen molar-refractivity contribution in [3.05, 3.63) is 21.0 Å². The average Bonchev–Trinajstić information content (AvgIpc) is 2.35. The maximum atomic E-state index is 11.5. The third-order valence-electron chi connectivity index (χ3n) is 1.86. The first-order valence-corrected chi connectivity index (χ1v) is 4.40. The molecule has 2 aromatic heterocycles. The zero-order valence-corrected chi connectivity index (χ0v) is 8.42. The predicted molar refractivity (Wildman–Crippen MR) is 53.4 cm³/mol. The zero-order valence-electron chi connectivity index (χ0n) is 6.84. The standard InChI is InChI=1S/C7H7BrN4O/c1-12-7-4(6(8)11-12)5(13)3(9)2-10-7/h2H,9H2,1H3,(H,10,13). The molecule has 6 heteroatoms. The van der Waals surface area contributed by atoms with Crippen LogP contribution in [-0.2, 0) is 7.05 Å². The second-order valence-corrected chi connectivity index (χ2v) is 3.46. The van der Waals surface area contributed by atoms with E-state index in [0.717, 1.165) is 0 Å². The first kappa shape index (κ1) is 8.31. The van der Waals surface area contributed by atoms with Crippen molar-refractivity contribution < 1.29 is 0 Å². The molecular formula is C7H7BrN4O. The normalized spacial score (nSPS) is 10.9. The molecule has 68 valence electrons. The minimum absolute atomic E-state index is 0.196. The highest BCUT2D eigenvalue weighted by Crippen LogP contribution is 2.17. The van der Waals surface area contributed by atoms with Crippen LogP contribution in [0.5, 0.6) is 0 Å². The molecule has 0 spiro atoms. The number of halogens is 1. The number of anilines is 1. The molecule has 3 N–H and O–H groups in total. The number of aromatic nitrogens is 3. The summed E-state index contributed by atoms with van der Waals surface area (Å²) in [6.07, 6.45) is 1.47. The highest BCUT2D eigenvalue weighted by Gasteiger charge is 2.11. The molecule has 0 aliphatic heterocycles. The summed E-state index contributed by atoms with van der Waals surface area (Å²) in [4.78, 5) is 14.4. The molecule has 0 aromatic carbocycles. The number of pyridine rings is 1. The van der Waals surface area contributed by atoms with E-state index in [1.807, 2.05) is 0 Å². The van der Waals surface area contributed by atoms with Gasteiger partial charge in [0.05, 0.1) is 5.69 Å². The summed E-state index contributed by atoms with van der Waals surface area (Å²) in [5.41, 5.74) is 6.12. The van der Waals surface area contributed by atoms with E-state index in [1.54, 1.807) is 11.7 Å². The summed E-state index contributed by atoms with van der Waals surface area (Å²) in [7, 11) is 1.75. The Kier molecular flexibility index (Phi) is 1.66. The molecule has 0 amide bonds. The van der Waals surface area contributed by atoms with Crippen molar-refractivity contribution in [2.45, 2.75) is 0 Å². The highest BCUT2D eigenvalue weighted by molar-refractivity contribution is 9.10. The molecule has 2 rings (SSSR count). The van der Waals surface area contributed by atoms with Crippen molar-refractivity contribution in [2.75, 3.05) is 5.73 Å². The number of hydrogen-bond donors (Lipinski definition) is 2. The summed E-state index contributed by atoms with van der Waals surface area (Å²) < 4.78 is 2.10. The minimum atomic E-state index is -0.200. The largest absolute Gasteiger partial charge is 0.394 e. The number of nitrogen functional groups attached to an aromatic ring is 1. The van der Waals surface area contributed by atoms with Crippen LogP contribution in [-0.4, -0.2) is 14.8 Å². The van der Waals surface area contributed by atoms with Gasteiger partial charge in [-0.15, -0.1) is 0 Å². The van der Waals surface area contributed by atoms with Gasteiger partial charge in [-0.3, -0.25) is 9.48 Å². The maximum absolute atomic E-state index is 11.5. The Balaban J connectivity index is 3.08. The summed E-state index contributed by atoms with van der Waals surface area (Å²) in [5.74, 6) is 0. The van der Waals surface area contributed by atoms with Gasteiger partial charge >= 0.3 is 0 Å². The van der Waals surface area contributed by atoms with Crippen molar-refractivity contribution in [3.8, 4) is 0 Å². The molecule has 0 fully saturated rings. The second kappa shape index (κ2) is 2.59. The van der Waals surface area contributed by atoms with Crippen LogP contribution in [0.25, 0.3) is 11.0 Å². The topological polar surface area (TPSA) is 76.7 Å². The molecule has 0 saturated heterocycles. The van der Waals surface area contributed by atoms with Crippen LogP contribution in [0.2, 0.25) is 0 Å². The van der Waals surface area contributed by atoms with E-state index in [4.69, 9.17) is 5.73 Å². The quantitative estimate of drug-likeness (QED) is 0.711. The van der Waals surface area contributed by atoms with Crippen LogP contribution in [0.3, 0.4) is 0 Å². The third kappa shape index (κ3) is 1.06. The number of aromatic amines is 1. The monoisotopic (exact) mass is 242 g/mol. The lowest BCUT2D eigenvalue weighted by Crippen LogP contribution is -2.08. The Hall–Kier alpha value is -1.30. The number of nitrogens with one attached hydrogen (secondary N) is 1. The number of fused-ring (bicyclic) bond motifs is 1. The molecule has 0 unspecified atom stereocenters. The van der Waals surface area contributed by atoms with Crippen LogP contribution in [0.4, 0.5) is 5.69 Å². The van der Waals surface area contributed by atoms with Crippen molar-refractivity contribution in [1.29, 1.82) is 0 Å². The molecule has 0 saturated carbocycles. The van der Waals surface area contributed by atoms with E-state index >= 15 is 0 Å². The van der Waals surface area contributed by atoms with E-state index < -0.39 is 0 Å². The Morgan fingerprint density at radius 2 is 2.38 bits per heavy atom. The summed E-state index contributed by atoms with van der Waals surface area (Å²) in [5, 5.41) is 4.53. The molecule has 0 atom stereocenters. The zero-order chi connectivity index (χ0) is 9.59. The second-order valence-electron chi connectivity index (χ2n) is 2.71. The fraction of sp³-hybridized carbons (Fsp3) is 0.143. The lowest BCUT2D eigenvalue weighted by molar-refractivity contribution is 0.778. The van der Waals surface area contributed by atoms with E-state index in [2.05, 4.69) is 26.0 Å². The van der Waals surface area contributed by atoms with Gasteiger partial charge in [-0.05, 0) is 15.9 Å². The molecule has 0 aliphatic rings. The first-order valence-electron chi connectivity index (χ1n) is 3.60. The Morgan fingerprint density at radius 1 is 1.69 bits per heavy atom. The van der Waals surface area contributed by atoms with Crippen molar-refractivity contribution >= 4 is 32.7 Å². The van der Waals surface area contributed by atoms with Crippen LogP contribution in [0.15, 0.2) is 15.6 Å². The van der Waals surface area contributed by atoms with Gasteiger partial charge in [-0.25, -0.2) is 0 Å². The number of aryl methyl sites for hydroxylation is 1. The number of hydrogen-bond acceptors (Lipinski definition) is 3. The fourth-order valence-electron chi connectivity index (χ4n) is 1.21. The van der Waals surface area contributed by atoms with Crippen LogP contribution >= 0.6 is 15.9 Å². The van der Waals surface area contributed by atoms with E-state index in [1.165, 1.54) is 6.20 Å². The molecule has 2 aromatic rings. The van der Waals surface area contributed by atoms with E-state index in [9.17, 15) is 4.79 Å². The van der Waals surface area contributed by atoms with Crippen LogP contribution in [0.1, 0.15) is 0 Å². The SMILES string of the molecule is Cn1nc(Br)c2c(=O)c(N)c[nH]c21. The van der Waals surface area contributed by atoms with Gasteiger partial charge < -0.3 is 10.7 Å². The Labute approximate surface area is 81.7 Å². The van der Waals surface area contributed by atoms with Crippen LogP contribution < -0.4 is 11.2 Å². The molecule has 0 aliphatic carbocycles. The van der Waals surface area contributed by atoms with Gasteiger partial charge in [0.1, 0.15) is 15.6 Å². The summed E-state index contributed by atoms with van der Waals surface area (Å²) in [6, 6.07) is 0. The Bertz CT molecular complexity index is 527. The summed E-state index contributed by atoms with van der Waals surface area (Å²) >= 11 is 3.20. The predicted octanol–water partition coefficient (Wildman–Crippen LogP) is 0.606. The fourth-order valence-corrected chi connectivity index (χ4v) is 1.82. The van der Waals surface area contributed by atoms with Crippen LogP contribution in [0, 0.1) is 0 Å². The third-order valence-corrected chi connectivity index (χ3v) is 2.41. The molecule has 0 bridgehead atoms. The number of H-pyrrole nitrogens is 1. The van der Waals surface area contributed by atoms with Crippen molar-refractivity contribution in [2.24, 2.45) is 7.05 Å². The minimum Gasteiger partial charge on any atom is -0.394 e. The molecule has 5 nitrogen and oxygen atoms in total. The number of nitrogens with two attached hydrogens (primary N) is 1. The van der Waals surface area contributed by atoms with Gasteiger partial charge in [0, 0.05) is 13.2 Å². The number of nitrogens with zero attached hydrogens (tertiary/aromatic N) is 2. The Morgan fingerprint density at radius 3 is 3.08 bits per heavy atom. The smallest absolute Gasteiger partial charge is 0.216 e. The van der Waals surface area contributed by atoms with Crippen molar-refractivity contribution in [3.63, 3.8) is 0 Å². The van der Waals surface area contributed by atoms with Gasteiger partial charge in [-0.1, -0.05) is 0 Å². The van der Waals surface area contributed by atoms with E-state index in [-0.39, 0.29) is 11.1 Å². The van der Waals surface area contributed by atoms with Gasteiger partial charge in [0.15, 0.2) is 0 Å².